The average molecular weight is 299 g/mol. The van der Waals surface area contributed by atoms with Crippen LogP contribution in [0.25, 0.3) is 0 Å². The molecule has 2 rings (SSSR count). The zero-order chi connectivity index (χ0) is 13.7. The van der Waals surface area contributed by atoms with Gasteiger partial charge in [-0.05, 0) is 12.1 Å². The lowest BCUT2D eigenvalue weighted by molar-refractivity contribution is 0.0594. The van der Waals surface area contributed by atoms with E-state index in [1.165, 1.54) is 18.6 Å². The Hall–Kier alpha value is -1.08. The van der Waals surface area contributed by atoms with E-state index < -0.39 is 5.97 Å². The van der Waals surface area contributed by atoms with E-state index in [9.17, 15) is 4.79 Å². The number of anilines is 2. The molecule has 1 aromatic heterocycles. The van der Waals surface area contributed by atoms with E-state index in [2.05, 4.69) is 15.0 Å². The Labute approximate surface area is 121 Å². The van der Waals surface area contributed by atoms with Crippen LogP contribution in [-0.4, -0.2) is 47.1 Å². The molecular formula is C12H17N3O2S2. The van der Waals surface area contributed by atoms with Gasteiger partial charge in [-0.3, -0.25) is 0 Å². The highest BCUT2D eigenvalue weighted by atomic mass is 32.2. The van der Waals surface area contributed by atoms with Gasteiger partial charge in [0.2, 0.25) is 0 Å². The fourth-order valence-corrected chi connectivity index (χ4v) is 4.31. The molecule has 1 aromatic rings. The molecule has 19 heavy (non-hydrogen) atoms. The number of carbonyl (C=O) groups is 1. The molecule has 1 atom stereocenters. The molecule has 1 saturated heterocycles. The van der Waals surface area contributed by atoms with Crippen molar-refractivity contribution in [3.8, 4) is 0 Å². The van der Waals surface area contributed by atoms with Crippen LogP contribution in [-0.2, 0) is 4.74 Å². The van der Waals surface area contributed by atoms with Gasteiger partial charge in [0.15, 0.2) is 5.69 Å². The van der Waals surface area contributed by atoms with Crippen molar-refractivity contribution in [3.05, 3.63) is 17.8 Å². The number of thioether (sulfide) groups is 2. The molecule has 7 heteroatoms. The Morgan fingerprint density at radius 1 is 1.58 bits per heavy atom. The lowest BCUT2D eigenvalue weighted by atomic mass is 10.3. The molecule has 104 valence electrons. The molecule has 1 fully saturated rings. The molecule has 1 aliphatic rings. The Morgan fingerprint density at radius 3 is 3.11 bits per heavy atom. The fraction of sp³-hybridized carbons (Fsp3) is 0.500. The number of nitrogens with zero attached hydrogens (tertiary/aromatic N) is 1. The molecule has 3 N–H and O–H groups in total. The number of methoxy groups -OCH3 is 1. The molecule has 0 aliphatic carbocycles. The van der Waals surface area contributed by atoms with Gasteiger partial charge >= 0.3 is 5.97 Å². The van der Waals surface area contributed by atoms with Crippen LogP contribution in [0.15, 0.2) is 12.1 Å². The summed E-state index contributed by atoms with van der Waals surface area (Å²) in [6, 6.07) is 3.24. The van der Waals surface area contributed by atoms with Crippen LogP contribution in [0.2, 0.25) is 0 Å². The molecule has 0 saturated carbocycles. The predicted octanol–water partition coefficient (Wildman–Crippen LogP) is 1.71. The van der Waals surface area contributed by atoms with Gasteiger partial charge in [0, 0.05) is 29.1 Å². The van der Waals surface area contributed by atoms with Crippen molar-refractivity contribution in [1.29, 1.82) is 0 Å². The summed E-state index contributed by atoms with van der Waals surface area (Å²) in [6.45, 7) is 0.805. The minimum atomic E-state index is -0.453. The third-order valence-electron chi connectivity index (χ3n) is 2.70. The second-order valence-corrected chi connectivity index (χ2v) is 6.63. The summed E-state index contributed by atoms with van der Waals surface area (Å²) < 4.78 is 4.65. The number of esters is 1. The highest BCUT2D eigenvalue weighted by Gasteiger charge is 2.15. The smallest absolute Gasteiger partial charge is 0.356 e. The molecule has 0 amide bonds. The van der Waals surface area contributed by atoms with E-state index in [1.807, 2.05) is 23.5 Å². The van der Waals surface area contributed by atoms with Crippen LogP contribution < -0.4 is 11.1 Å². The van der Waals surface area contributed by atoms with Crippen LogP contribution in [0, 0.1) is 0 Å². The van der Waals surface area contributed by atoms with Gasteiger partial charge in [-0.2, -0.15) is 23.5 Å². The minimum Gasteiger partial charge on any atom is -0.464 e. The SMILES string of the molecule is COC(=O)c1ccc(N)c(NCC2CSCCS2)n1. The van der Waals surface area contributed by atoms with Gasteiger partial charge in [0.05, 0.1) is 12.8 Å². The topological polar surface area (TPSA) is 77.2 Å². The minimum absolute atomic E-state index is 0.268. The first kappa shape index (κ1) is 14.3. The molecule has 5 nitrogen and oxygen atoms in total. The zero-order valence-corrected chi connectivity index (χ0v) is 12.4. The number of hydrogen-bond donors (Lipinski definition) is 2. The summed E-state index contributed by atoms with van der Waals surface area (Å²) >= 11 is 3.93. The number of hydrogen-bond acceptors (Lipinski definition) is 7. The van der Waals surface area contributed by atoms with Crippen molar-refractivity contribution in [2.75, 3.05) is 42.0 Å². The molecule has 0 spiro atoms. The van der Waals surface area contributed by atoms with E-state index in [1.54, 1.807) is 12.1 Å². The molecule has 0 radical (unpaired) electrons. The van der Waals surface area contributed by atoms with E-state index >= 15 is 0 Å². The lowest BCUT2D eigenvalue weighted by Crippen LogP contribution is -2.24. The highest BCUT2D eigenvalue weighted by Crippen LogP contribution is 2.25. The fourth-order valence-electron chi connectivity index (χ4n) is 1.69. The van der Waals surface area contributed by atoms with Crippen molar-refractivity contribution in [2.24, 2.45) is 0 Å². The normalized spacial score (nSPS) is 18.9. The molecule has 0 bridgehead atoms. The van der Waals surface area contributed by atoms with E-state index in [-0.39, 0.29) is 5.69 Å². The average Bonchev–Trinajstić information content (AvgIpc) is 2.46. The molecule has 1 unspecified atom stereocenters. The Balaban J connectivity index is 2.00. The number of carbonyl (C=O) groups excluding carboxylic acids is 1. The van der Waals surface area contributed by atoms with Crippen molar-refractivity contribution in [3.63, 3.8) is 0 Å². The standard InChI is InChI=1S/C12H17N3O2S2/c1-17-12(16)10-3-2-9(13)11(15-10)14-6-8-7-18-4-5-19-8/h2-3,8H,4-7,13H2,1H3,(H,14,15). The predicted molar refractivity (Wildman–Crippen MR) is 82.0 cm³/mol. The maximum atomic E-state index is 11.4. The van der Waals surface area contributed by atoms with Crippen LogP contribution in [0.3, 0.4) is 0 Å². The van der Waals surface area contributed by atoms with Crippen LogP contribution >= 0.6 is 23.5 Å². The highest BCUT2D eigenvalue weighted by molar-refractivity contribution is 8.06. The lowest BCUT2D eigenvalue weighted by Gasteiger charge is -2.21. The van der Waals surface area contributed by atoms with Crippen molar-refractivity contribution < 1.29 is 9.53 Å². The molecule has 0 aromatic carbocycles. The summed E-state index contributed by atoms with van der Waals surface area (Å²) in [5.41, 5.74) is 6.67. The van der Waals surface area contributed by atoms with Gasteiger partial charge in [-0.25, -0.2) is 9.78 Å². The number of aromatic nitrogens is 1. The first-order chi connectivity index (χ1) is 9.20. The van der Waals surface area contributed by atoms with E-state index in [4.69, 9.17) is 5.73 Å². The Bertz CT molecular complexity index is 451. The number of pyridine rings is 1. The third-order valence-corrected chi connectivity index (χ3v) is 5.55. The van der Waals surface area contributed by atoms with Crippen molar-refractivity contribution in [1.82, 2.24) is 4.98 Å². The van der Waals surface area contributed by atoms with Crippen LogP contribution in [0.5, 0.6) is 0 Å². The van der Waals surface area contributed by atoms with Gasteiger partial charge in [0.1, 0.15) is 5.82 Å². The number of ether oxygens (including phenoxy) is 1. The number of nitrogen functional groups attached to an aromatic ring is 1. The van der Waals surface area contributed by atoms with Gasteiger partial charge < -0.3 is 15.8 Å². The van der Waals surface area contributed by atoms with Crippen LogP contribution in [0.4, 0.5) is 11.5 Å². The van der Waals surface area contributed by atoms with E-state index in [0.29, 0.717) is 16.8 Å². The Morgan fingerprint density at radius 2 is 2.42 bits per heavy atom. The van der Waals surface area contributed by atoms with Crippen LogP contribution in [0.1, 0.15) is 10.5 Å². The van der Waals surface area contributed by atoms with Gasteiger partial charge in [-0.1, -0.05) is 0 Å². The monoisotopic (exact) mass is 299 g/mol. The second-order valence-electron chi connectivity index (χ2n) is 4.07. The quantitative estimate of drug-likeness (QED) is 0.819. The summed E-state index contributed by atoms with van der Waals surface area (Å²) in [5, 5.41) is 3.78. The Kier molecular flexibility index (Phi) is 5.21. The zero-order valence-electron chi connectivity index (χ0n) is 10.7. The van der Waals surface area contributed by atoms with Gasteiger partial charge in [0.25, 0.3) is 0 Å². The molecule has 1 aliphatic heterocycles. The largest absolute Gasteiger partial charge is 0.464 e. The van der Waals surface area contributed by atoms with Crippen molar-refractivity contribution >= 4 is 41.0 Å². The van der Waals surface area contributed by atoms with Crippen molar-refractivity contribution in [2.45, 2.75) is 5.25 Å². The maximum absolute atomic E-state index is 11.4. The first-order valence-electron chi connectivity index (χ1n) is 5.98. The van der Waals surface area contributed by atoms with E-state index in [0.717, 1.165) is 12.3 Å². The maximum Gasteiger partial charge on any atom is 0.356 e. The summed E-state index contributed by atoms with van der Waals surface area (Å²) in [5.74, 6) is 3.64. The third kappa shape index (κ3) is 3.94. The number of nitrogens with one attached hydrogen (secondary N) is 1. The first-order valence-corrected chi connectivity index (χ1v) is 8.19. The van der Waals surface area contributed by atoms with Gasteiger partial charge in [-0.15, -0.1) is 0 Å². The summed E-state index contributed by atoms with van der Waals surface area (Å²) in [7, 11) is 1.34. The molecule has 2 heterocycles. The number of rotatable bonds is 4. The summed E-state index contributed by atoms with van der Waals surface area (Å²) in [4.78, 5) is 15.6. The second kappa shape index (κ2) is 6.91. The summed E-state index contributed by atoms with van der Waals surface area (Å²) in [6.07, 6.45) is 0. The molecular weight excluding hydrogens is 282 g/mol. The number of nitrogens with two attached hydrogens (primary N) is 1.